The van der Waals surface area contributed by atoms with Gasteiger partial charge < -0.3 is 25.4 Å². The zero-order chi connectivity index (χ0) is 35.5. The highest BCUT2D eigenvalue weighted by molar-refractivity contribution is 8.00. The number of ether oxygens (including phenoxy) is 2. The molecule has 0 saturated carbocycles. The summed E-state index contributed by atoms with van der Waals surface area (Å²) in [6, 6.07) is 37.0. The van der Waals surface area contributed by atoms with Gasteiger partial charge in [-0.2, -0.15) is 0 Å². The van der Waals surface area contributed by atoms with E-state index in [1.54, 1.807) is 91.0 Å². The molecule has 50 heavy (non-hydrogen) atoms. The minimum absolute atomic E-state index is 0.0270. The van der Waals surface area contributed by atoms with Gasteiger partial charge in [-0.15, -0.1) is 11.8 Å². The monoisotopic (exact) mass is 685 g/mol. The van der Waals surface area contributed by atoms with Crippen LogP contribution in [-0.2, 0) is 9.59 Å². The molecule has 0 heterocycles. The Bertz CT molecular complexity index is 2010. The molecule has 3 amide bonds. The Morgan fingerprint density at radius 1 is 0.680 bits per heavy atom. The van der Waals surface area contributed by atoms with E-state index in [4.69, 9.17) is 9.47 Å². The molecule has 0 saturated heterocycles. The number of nitrogens with one attached hydrogen (secondary N) is 3. The number of carbonyl (C=O) groups excluding carboxylic acids is 4. The smallest absolute Gasteiger partial charge is 0.272 e. The molecule has 0 aliphatic carbocycles. The number of methoxy groups -OCH3 is 2. The topological polar surface area (TPSA) is 123 Å². The highest BCUT2D eigenvalue weighted by Gasteiger charge is 2.23. The van der Waals surface area contributed by atoms with E-state index in [0.29, 0.717) is 44.5 Å². The van der Waals surface area contributed by atoms with E-state index >= 15 is 0 Å². The standard InChI is InChI=1S/C40H35N3O6S/c1-26(44)27-20-22-31(23-21-27)41-40(47)37(28-12-6-4-7-13-28)50-33-18-11-17-32(25-33)42-39(46)34(43-38(45)29-14-8-5-9-15-29)24-30-16-10-19-35(48-2)36(30)49-3/h4-25,37H,1-3H3,(H,41,47)(H,42,46)(H,43,45)/b34-24+. The van der Waals surface area contributed by atoms with Gasteiger partial charge in [0.25, 0.3) is 11.8 Å². The van der Waals surface area contributed by atoms with Crippen molar-refractivity contribution < 1.29 is 28.7 Å². The molecule has 0 aliphatic rings. The molecular formula is C40H35N3O6S. The zero-order valence-corrected chi connectivity index (χ0v) is 28.5. The SMILES string of the molecule is COc1cccc(/C=C(/NC(=O)c2ccccc2)C(=O)Nc2cccc(SC(C(=O)Nc3ccc(C(C)=O)cc3)c3ccccc3)c2)c1OC. The lowest BCUT2D eigenvalue weighted by atomic mass is 10.1. The third-order valence-corrected chi connectivity index (χ3v) is 8.76. The molecule has 0 radical (unpaired) electrons. The van der Waals surface area contributed by atoms with Crippen molar-refractivity contribution in [3.63, 3.8) is 0 Å². The van der Waals surface area contributed by atoms with Gasteiger partial charge in [-0.05, 0) is 79.2 Å². The van der Waals surface area contributed by atoms with Crippen molar-refractivity contribution in [2.24, 2.45) is 0 Å². The van der Waals surface area contributed by atoms with Crippen molar-refractivity contribution in [3.05, 3.63) is 155 Å². The maximum Gasteiger partial charge on any atom is 0.272 e. The Hall–Kier alpha value is -6.13. The number of amides is 3. The normalized spacial score (nSPS) is 11.5. The van der Waals surface area contributed by atoms with Crippen LogP contribution in [0.5, 0.6) is 11.5 Å². The molecule has 0 aliphatic heterocycles. The predicted octanol–water partition coefficient (Wildman–Crippen LogP) is 7.79. The fourth-order valence-corrected chi connectivity index (χ4v) is 6.09. The number of thioether (sulfide) groups is 1. The van der Waals surface area contributed by atoms with Crippen LogP contribution in [0.15, 0.2) is 138 Å². The molecule has 3 N–H and O–H groups in total. The number of para-hydroxylation sites is 1. The van der Waals surface area contributed by atoms with E-state index in [1.165, 1.54) is 39.0 Å². The van der Waals surface area contributed by atoms with Crippen molar-refractivity contribution >= 4 is 52.7 Å². The van der Waals surface area contributed by atoms with Gasteiger partial charge in [0.2, 0.25) is 5.91 Å². The van der Waals surface area contributed by atoms with E-state index in [1.807, 2.05) is 36.4 Å². The molecule has 5 aromatic carbocycles. The second-order valence-corrected chi connectivity index (χ2v) is 12.2. The molecule has 10 heteroatoms. The Kier molecular flexibility index (Phi) is 11.8. The number of ketones is 1. The summed E-state index contributed by atoms with van der Waals surface area (Å²) in [5.74, 6) is -0.502. The first-order chi connectivity index (χ1) is 24.2. The molecule has 1 atom stereocenters. The van der Waals surface area contributed by atoms with Crippen LogP contribution in [0.25, 0.3) is 6.08 Å². The molecule has 5 aromatic rings. The predicted molar refractivity (Wildman–Crippen MR) is 197 cm³/mol. The quantitative estimate of drug-likeness (QED) is 0.0657. The van der Waals surface area contributed by atoms with Crippen LogP contribution in [0.3, 0.4) is 0 Å². The number of benzene rings is 5. The fraction of sp³-hybridized carbons (Fsp3) is 0.100. The number of Topliss-reactive ketones (excluding diaryl/α,β-unsaturated/α-hetero) is 1. The maximum atomic E-state index is 13.8. The van der Waals surface area contributed by atoms with Gasteiger partial charge in [-0.25, -0.2) is 0 Å². The fourth-order valence-electron chi connectivity index (χ4n) is 5.00. The summed E-state index contributed by atoms with van der Waals surface area (Å²) in [5.41, 5.74) is 3.21. The maximum absolute atomic E-state index is 13.8. The van der Waals surface area contributed by atoms with Crippen molar-refractivity contribution in [1.29, 1.82) is 0 Å². The average Bonchev–Trinajstić information content (AvgIpc) is 3.14. The number of hydrogen-bond acceptors (Lipinski definition) is 7. The molecular weight excluding hydrogens is 651 g/mol. The van der Waals surface area contributed by atoms with Crippen LogP contribution >= 0.6 is 11.8 Å². The van der Waals surface area contributed by atoms with Gasteiger partial charge in [-0.3, -0.25) is 19.2 Å². The lowest BCUT2D eigenvalue weighted by Gasteiger charge is -2.18. The van der Waals surface area contributed by atoms with Gasteiger partial charge >= 0.3 is 0 Å². The van der Waals surface area contributed by atoms with E-state index in [-0.39, 0.29) is 17.4 Å². The lowest BCUT2D eigenvalue weighted by molar-refractivity contribution is -0.116. The first kappa shape index (κ1) is 35.2. The Morgan fingerprint density at radius 2 is 1.36 bits per heavy atom. The second kappa shape index (κ2) is 16.8. The molecule has 5 rings (SSSR count). The average molecular weight is 686 g/mol. The molecule has 0 spiro atoms. The van der Waals surface area contributed by atoms with Crippen LogP contribution in [0.2, 0.25) is 0 Å². The zero-order valence-electron chi connectivity index (χ0n) is 27.6. The number of carbonyl (C=O) groups is 4. The van der Waals surface area contributed by atoms with Gasteiger partial charge in [-0.1, -0.05) is 66.7 Å². The van der Waals surface area contributed by atoms with Gasteiger partial charge in [0.15, 0.2) is 17.3 Å². The van der Waals surface area contributed by atoms with E-state index < -0.39 is 17.1 Å². The third kappa shape index (κ3) is 9.06. The summed E-state index contributed by atoms with van der Waals surface area (Å²) < 4.78 is 11.0. The van der Waals surface area contributed by atoms with E-state index in [9.17, 15) is 19.2 Å². The molecule has 0 aromatic heterocycles. The van der Waals surface area contributed by atoms with Gasteiger partial charge in [0, 0.05) is 33.0 Å². The first-order valence-electron chi connectivity index (χ1n) is 15.6. The van der Waals surface area contributed by atoms with Crippen LogP contribution in [0, 0.1) is 0 Å². The molecule has 252 valence electrons. The number of rotatable bonds is 13. The Morgan fingerprint density at radius 3 is 2.02 bits per heavy atom. The summed E-state index contributed by atoms with van der Waals surface area (Å²) in [4.78, 5) is 53.1. The van der Waals surface area contributed by atoms with E-state index in [2.05, 4.69) is 16.0 Å². The van der Waals surface area contributed by atoms with Crippen LogP contribution < -0.4 is 25.4 Å². The minimum Gasteiger partial charge on any atom is -0.493 e. The molecule has 0 fully saturated rings. The summed E-state index contributed by atoms with van der Waals surface area (Å²) in [6.45, 7) is 1.49. The van der Waals surface area contributed by atoms with Crippen LogP contribution in [0.1, 0.15) is 44.0 Å². The minimum atomic E-state index is -0.643. The highest BCUT2D eigenvalue weighted by Crippen LogP contribution is 2.37. The van der Waals surface area contributed by atoms with Gasteiger partial charge in [0.05, 0.1) is 14.2 Å². The van der Waals surface area contributed by atoms with Gasteiger partial charge in [0.1, 0.15) is 10.9 Å². The number of hydrogen-bond donors (Lipinski definition) is 3. The molecule has 0 bridgehead atoms. The van der Waals surface area contributed by atoms with Crippen molar-refractivity contribution in [1.82, 2.24) is 5.32 Å². The molecule has 1 unspecified atom stereocenters. The lowest BCUT2D eigenvalue weighted by Crippen LogP contribution is -2.30. The Labute approximate surface area is 294 Å². The van der Waals surface area contributed by atoms with Crippen molar-refractivity contribution in [2.75, 3.05) is 24.9 Å². The third-order valence-electron chi connectivity index (χ3n) is 7.51. The summed E-state index contributed by atoms with van der Waals surface area (Å²) in [6.07, 6.45) is 1.52. The summed E-state index contributed by atoms with van der Waals surface area (Å²) in [7, 11) is 3.01. The van der Waals surface area contributed by atoms with E-state index in [0.717, 1.165) is 5.56 Å². The highest BCUT2D eigenvalue weighted by atomic mass is 32.2. The molecule has 9 nitrogen and oxygen atoms in total. The first-order valence-corrected chi connectivity index (χ1v) is 16.5. The summed E-state index contributed by atoms with van der Waals surface area (Å²) >= 11 is 1.31. The number of anilines is 2. The van der Waals surface area contributed by atoms with Crippen molar-refractivity contribution in [3.8, 4) is 11.5 Å². The van der Waals surface area contributed by atoms with Crippen molar-refractivity contribution in [2.45, 2.75) is 17.1 Å². The second-order valence-electron chi connectivity index (χ2n) is 11.0. The largest absolute Gasteiger partial charge is 0.493 e. The van der Waals surface area contributed by atoms with Crippen LogP contribution in [-0.4, -0.2) is 37.7 Å². The Balaban J connectivity index is 1.40. The summed E-state index contributed by atoms with van der Waals surface area (Å²) in [5, 5.41) is 7.94. The van der Waals surface area contributed by atoms with Crippen LogP contribution in [0.4, 0.5) is 11.4 Å².